The van der Waals surface area contributed by atoms with E-state index in [9.17, 15) is 14.7 Å². The summed E-state index contributed by atoms with van der Waals surface area (Å²) < 4.78 is 0. The molecule has 2 fully saturated rings. The van der Waals surface area contributed by atoms with E-state index in [1.165, 1.54) is 11.1 Å². The summed E-state index contributed by atoms with van der Waals surface area (Å²) >= 11 is 0. The van der Waals surface area contributed by atoms with E-state index in [0.29, 0.717) is 11.8 Å². The zero-order chi connectivity index (χ0) is 18.2. The number of aliphatic hydroxyl groups is 1. The number of carbonyl (C=O) groups excluding carboxylic acids is 2. The monoisotopic (exact) mass is 340 g/mol. The second-order valence-electron chi connectivity index (χ2n) is 9.10. The van der Waals surface area contributed by atoms with E-state index >= 15 is 0 Å². The molecular formula is C22H28O3. The molecule has 3 nitrogen and oxygen atoms in total. The Hall–Kier alpha value is -1.48. The average Bonchev–Trinajstić information content (AvgIpc) is 2.77. The maximum Gasteiger partial charge on any atom is 0.178 e. The van der Waals surface area contributed by atoms with E-state index in [0.717, 1.165) is 25.7 Å². The number of fused-ring (bicyclic) bond motifs is 5. The number of allylic oxidation sites excluding steroid dienone is 6. The van der Waals surface area contributed by atoms with Crippen LogP contribution in [0.1, 0.15) is 53.4 Å². The van der Waals surface area contributed by atoms with E-state index in [-0.39, 0.29) is 22.9 Å². The molecule has 4 aliphatic rings. The minimum absolute atomic E-state index is 0.0130. The summed E-state index contributed by atoms with van der Waals surface area (Å²) in [5.74, 6) is 0.691. The summed E-state index contributed by atoms with van der Waals surface area (Å²) in [5, 5.41) is 11.4. The minimum atomic E-state index is -1.23. The van der Waals surface area contributed by atoms with E-state index in [4.69, 9.17) is 0 Å². The third-order valence-corrected chi connectivity index (χ3v) is 8.07. The molecule has 0 aliphatic heterocycles. The Morgan fingerprint density at radius 3 is 2.72 bits per heavy atom. The molecule has 4 aliphatic carbocycles. The Balaban J connectivity index is 1.81. The van der Waals surface area contributed by atoms with Gasteiger partial charge in [-0.15, -0.1) is 0 Å². The molecular weight excluding hydrogens is 312 g/mol. The molecule has 0 aromatic carbocycles. The Labute approximate surface area is 149 Å². The standard InChI is InChI=1S/C22H28O3/c1-13-11-19-17-6-5-15-12-16(24)7-9-20(15,3)18(17)8-10-21(19,4)22(13,25)14(2)23/h7-9,12-13,17,19,25H,5-6,10-11H2,1-4H3/t13-,17-,19-,20+,21-,22-/m1/s1. The molecule has 25 heavy (non-hydrogen) atoms. The van der Waals surface area contributed by atoms with Gasteiger partial charge in [0.1, 0.15) is 5.60 Å². The topological polar surface area (TPSA) is 54.4 Å². The van der Waals surface area contributed by atoms with Gasteiger partial charge in [-0.25, -0.2) is 0 Å². The van der Waals surface area contributed by atoms with Crippen molar-refractivity contribution < 1.29 is 14.7 Å². The Morgan fingerprint density at radius 1 is 1.32 bits per heavy atom. The summed E-state index contributed by atoms with van der Waals surface area (Å²) in [7, 11) is 0. The highest BCUT2D eigenvalue weighted by molar-refractivity contribution is 6.01. The van der Waals surface area contributed by atoms with Crippen LogP contribution in [0.4, 0.5) is 0 Å². The van der Waals surface area contributed by atoms with E-state index in [1.807, 2.05) is 13.0 Å². The number of carbonyl (C=O) groups is 2. The van der Waals surface area contributed by atoms with Gasteiger partial charge in [-0.1, -0.05) is 37.1 Å². The zero-order valence-electron chi connectivity index (χ0n) is 15.6. The molecule has 0 saturated heterocycles. The normalized spacial score (nSPS) is 48.2. The van der Waals surface area contributed by atoms with E-state index < -0.39 is 11.0 Å². The lowest BCUT2D eigenvalue weighted by Gasteiger charge is -2.53. The van der Waals surface area contributed by atoms with Crippen molar-refractivity contribution in [1.29, 1.82) is 0 Å². The van der Waals surface area contributed by atoms with Gasteiger partial charge in [0.05, 0.1) is 0 Å². The fourth-order valence-electron chi connectivity index (χ4n) is 6.62. The van der Waals surface area contributed by atoms with Crippen LogP contribution >= 0.6 is 0 Å². The lowest BCUT2D eigenvalue weighted by molar-refractivity contribution is -0.156. The van der Waals surface area contributed by atoms with Gasteiger partial charge in [-0.2, -0.15) is 0 Å². The molecule has 0 bridgehead atoms. The highest BCUT2D eigenvalue weighted by Crippen LogP contribution is 2.66. The summed E-state index contributed by atoms with van der Waals surface area (Å²) in [6.07, 6.45) is 11.4. The van der Waals surface area contributed by atoms with E-state index in [1.54, 1.807) is 13.0 Å². The van der Waals surface area contributed by atoms with Gasteiger partial charge in [-0.3, -0.25) is 9.59 Å². The highest BCUT2D eigenvalue weighted by Gasteiger charge is 2.66. The van der Waals surface area contributed by atoms with Crippen molar-refractivity contribution in [3.63, 3.8) is 0 Å². The Bertz CT molecular complexity index is 757. The Kier molecular flexibility index (Phi) is 3.41. The van der Waals surface area contributed by atoms with Crippen molar-refractivity contribution in [2.45, 2.75) is 59.0 Å². The molecule has 0 unspecified atom stereocenters. The highest BCUT2D eigenvalue weighted by atomic mass is 16.3. The van der Waals surface area contributed by atoms with Gasteiger partial charge in [-0.05, 0) is 69.4 Å². The molecule has 2 saturated carbocycles. The molecule has 0 aromatic rings. The summed E-state index contributed by atoms with van der Waals surface area (Å²) in [5.41, 5.74) is 0.834. The first-order valence-electron chi connectivity index (χ1n) is 9.53. The van der Waals surface area contributed by atoms with E-state index in [2.05, 4.69) is 26.0 Å². The maximum atomic E-state index is 12.4. The zero-order valence-corrected chi connectivity index (χ0v) is 15.6. The maximum absolute atomic E-state index is 12.4. The number of rotatable bonds is 1. The van der Waals surface area contributed by atoms with Crippen LogP contribution in [-0.2, 0) is 9.59 Å². The molecule has 3 heteroatoms. The van der Waals surface area contributed by atoms with Crippen LogP contribution in [0.5, 0.6) is 0 Å². The van der Waals surface area contributed by atoms with Crippen molar-refractivity contribution in [2.24, 2.45) is 28.6 Å². The smallest absolute Gasteiger partial charge is 0.178 e. The number of ketones is 2. The van der Waals surface area contributed by atoms with Crippen LogP contribution in [0, 0.1) is 28.6 Å². The molecule has 0 aromatic heterocycles. The van der Waals surface area contributed by atoms with Crippen LogP contribution in [0.2, 0.25) is 0 Å². The van der Waals surface area contributed by atoms with Crippen molar-refractivity contribution in [1.82, 2.24) is 0 Å². The summed E-state index contributed by atoms with van der Waals surface area (Å²) in [6.45, 7) is 7.91. The third kappa shape index (κ3) is 1.91. The SMILES string of the molecule is CC(=O)[C@]1(O)[C@H](C)C[C@@H]2[C@@H]3CCC4=CC(=O)C=C[C@]4(C)C3=CC[C@]21C. The average molecular weight is 340 g/mol. The largest absolute Gasteiger partial charge is 0.381 e. The van der Waals surface area contributed by atoms with Gasteiger partial charge < -0.3 is 5.11 Å². The molecule has 1 N–H and O–H groups in total. The predicted octanol–water partition coefficient (Wildman–Crippen LogP) is 3.78. The van der Waals surface area contributed by atoms with Crippen molar-refractivity contribution in [3.8, 4) is 0 Å². The number of Topliss-reactive ketones (excluding diaryl/α,β-unsaturated/α-hetero) is 1. The predicted molar refractivity (Wildman–Crippen MR) is 96.8 cm³/mol. The van der Waals surface area contributed by atoms with Crippen molar-refractivity contribution in [3.05, 3.63) is 35.5 Å². The molecule has 0 amide bonds. The summed E-state index contributed by atoms with van der Waals surface area (Å²) in [6, 6.07) is 0. The van der Waals surface area contributed by atoms with Crippen LogP contribution in [-0.4, -0.2) is 22.3 Å². The Morgan fingerprint density at radius 2 is 2.04 bits per heavy atom. The molecule has 0 radical (unpaired) electrons. The fourth-order valence-corrected chi connectivity index (χ4v) is 6.62. The number of hydrogen-bond donors (Lipinski definition) is 1. The van der Waals surface area contributed by atoms with Gasteiger partial charge >= 0.3 is 0 Å². The second kappa shape index (κ2) is 5.03. The molecule has 0 spiro atoms. The van der Waals surface area contributed by atoms with Crippen LogP contribution in [0.25, 0.3) is 0 Å². The molecule has 6 atom stereocenters. The van der Waals surface area contributed by atoms with Crippen LogP contribution in [0.15, 0.2) is 35.5 Å². The third-order valence-electron chi connectivity index (χ3n) is 8.07. The minimum Gasteiger partial charge on any atom is -0.381 e. The molecule has 0 heterocycles. The fraction of sp³-hybridized carbons (Fsp3) is 0.636. The van der Waals surface area contributed by atoms with Crippen molar-refractivity contribution >= 4 is 11.6 Å². The molecule has 134 valence electrons. The first kappa shape index (κ1) is 17.0. The van der Waals surface area contributed by atoms with Crippen molar-refractivity contribution in [2.75, 3.05) is 0 Å². The van der Waals surface area contributed by atoms with Gasteiger partial charge in [0.15, 0.2) is 11.6 Å². The van der Waals surface area contributed by atoms with Crippen LogP contribution < -0.4 is 0 Å². The quantitative estimate of drug-likeness (QED) is 0.739. The second-order valence-corrected chi connectivity index (χ2v) is 9.10. The first-order valence-corrected chi connectivity index (χ1v) is 9.53. The number of hydrogen-bond acceptors (Lipinski definition) is 3. The first-order chi connectivity index (χ1) is 11.6. The van der Waals surface area contributed by atoms with Gasteiger partial charge in [0.2, 0.25) is 0 Å². The van der Waals surface area contributed by atoms with Gasteiger partial charge in [0.25, 0.3) is 0 Å². The summed E-state index contributed by atoms with van der Waals surface area (Å²) in [4.78, 5) is 24.2. The van der Waals surface area contributed by atoms with Gasteiger partial charge in [0, 0.05) is 10.8 Å². The lowest BCUT2D eigenvalue weighted by atomic mass is 9.51. The van der Waals surface area contributed by atoms with Crippen LogP contribution in [0.3, 0.4) is 0 Å². The molecule has 4 rings (SSSR count). The lowest BCUT2D eigenvalue weighted by Crippen LogP contribution is -2.55.